The van der Waals surface area contributed by atoms with E-state index >= 15 is 0 Å². The predicted molar refractivity (Wildman–Crippen MR) is 66.9 cm³/mol. The van der Waals surface area contributed by atoms with Crippen LogP contribution in [0.2, 0.25) is 0 Å². The average molecular weight is 240 g/mol. The van der Waals surface area contributed by atoms with Gasteiger partial charge in [0.05, 0.1) is 7.11 Å². The maximum Gasteiger partial charge on any atom is 0.305 e. The normalized spacial score (nSPS) is 26.5. The summed E-state index contributed by atoms with van der Waals surface area (Å²) in [5, 5.41) is 0. The Morgan fingerprint density at radius 2 is 2.12 bits per heavy atom. The zero-order chi connectivity index (χ0) is 12.1. The van der Waals surface area contributed by atoms with Crippen LogP contribution in [0.1, 0.15) is 32.1 Å². The molecule has 17 heavy (non-hydrogen) atoms. The topological polar surface area (TPSA) is 32.8 Å². The van der Waals surface area contributed by atoms with E-state index in [9.17, 15) is 4.79 Å². The Morgan fingerprint density at radius 1 is 1.29 bits per heavy atom. The molecule has 0 aromatic rings. The molecule has 0 amide bonds. The fourth-order valence-electron chi connectivity index (χ4n) is 3.04. The average Bonchev–Trinajstić information content (AvgIpc) is 2.68. The van der Waals surface area contributed by atoms with Crippen LogP contribution in [0.25, 0.3) is 0 Å². The van der Waals surface area contributed by atoms with Gasteiger partial charge in [0.2, 0.25) is 0 Å². The first kappa shape index (κ1) is 12.8. The monoisotopic (exact) mass is 240 g/mol. The highest BCUT2D eigenvalue weighted by molar-refractivity contribution is 5.69. The fourth-order valence-corrected chi connectivity index (χ4v) is 3.04. The van der Waals surface area contributed by atoms with Crippen molar-refractivity contribution in [2.24, 2.45) is 0 Å². The fraction of sp³-hybridized carbons (Fsp3) is 0.923. The van der Waals surface area contributed by atoms with Crippen LogP contribution in [0.4, 0.5) is 0 Å². The molecular weight excluding hydrogens is 216 g/mol. The van der Waals surface area contributed by atoms with Crippen LogP contribution >= 0.6 is 0 Å². The Kier molecular flexibility index (Phi) is 4.80. The van der Waals surface area contributed by atoms with Crippen LogP contribution in [0.15, 0.2) is 0 Å². The van der Waals surface area contributed by atoms with Crippen LogP contribution in [0.5, 0.6) is 0 Å². The molecule has 0 bridgehead atoms. The number of esters is 1. The summed E-state index contributed by atoms with van der Waals surface area (Å²) in [6.07, 6.45) is 5.48. The lowest BCUT2D eigenvalue weighted by atomic mass is 10.2. The molecule has 0 aliphatic carbocycles. The third-order valence-electron chi connectivity index (χ3n) is 3.97. The summed E-state index contributed by atoms with van der Waals surface area (Å²) in [6.45, 7) is 5.98. The molecule has 0 aromatic carbocycles. The van der Waals surface area contributed by atoms with E-state index in [-0.39, 0.29) is 5.97 Å². The highest BCUT2D eigenvalue weighted by atomic mass is 16.5. The Labute approximate surface area is 104 Å². The van der Waals surface area contributed by atoms with Crippen molar-refractivity contribution in [2.45, 2.75) is 38.1 Å². The maximum absolute atomic E-state index is 11.1. The molecule has 98 valence electrons. The Bertz CT molecular complexity index is 258. The van der Waals surface area contributed by atoms with Gasteiger partial charge in [-0.15, -0.1) is 0 Å². The molecule has 1 atom stereocenters. The van der Waals surface area contributed by atoms with Crippen LogP contribution in [-0.2, 0) is 9.53 Å². The first-order chi connectivity index (χ1) is 8.29. The summed E-state index contributed by atoms with van der Waals surface area (Å²) in [4.78, 5) is 16.2. The minimum atomic E-state index is -0.0812. The lowest BCUT2D eigenvalue weighted by molar-refractivity contribution is -0.140. The highest BCUT2D eigenvalue weighted by Gasteiger charge is 2.28. The van der Waals surface area contributed by atoms with Crippen molar-refractivity contribution in [3.8, 4) is 0 Å². The van der Waals surface area contributed by atoms with Gasteiger partial charge in [-0.2, -0.15) is 0 Å². The van der Waals surface area contributed by atoms with E-state index in [4.69, 9.17) is 0 Å². The van der Waals surface area contributed by atoms with Crippen molar-refractivity contribution in [3.63, 3.8) is 0 Å². The zero-order valence-electron chi connectivity index (χ0n) is 10.9. The van der Waals surface area contributed by atoms with Gasteiger partial charge >= 0.3 is 5.97 Å². The third-order valence-corrected chi connectivity index (χ3v) is 3.97. The summed E-state index contributed by atoms with van der Waals surface area (Å²) in [5.41, 5.74) is 0. The molecule has 2 rings (SSSR count). The molecule has 0 aromatic heterocycles. The number of hydrogen-bond donors (Lipinski definition) is 0. The molecule has 0 saturated carbocycles. The van der Waals surface area contributed by atoms with E-state index < -0.39 is 0 Å². The molecule has 0 spiro atoms. The summed E-state index contributed by atoms with van der Waals surface area (Å²) in [7, 11) is 1.46. The molecule has 0 N–H and O–H groups in total. The SMILES string of the molecule is COC(=O)CCCN1CCCN2CCCC2C1. The van der Waals surface area contributed by atoms with E-state index in [2.05, 4.69) is 14.5 Å². The molecular formula is C13H24N2O2. The molecule has 4 nitrogen and oxygen atoms in total. The second-order valence-corrected chi connectivity index (χ2v) is 5.17. The van der Waals surface area contributed by atoms with Crippen molar-refractivity contribution in [1.82, 2.24) is 9.80 Å². The molecule has 2 fully saturated rings. The summed E-state index contributed by atoms with van der Waals surface area (Å²) >= 11 is 0. The number of hydrogen-bond acceptors (Lipinski definition) is 4. The van der Waals surface area contributed by atoms with E-state index in [0.29, 0.717) is 6.42 Å². The largest absolute Gasteiger partial charge is 0.469 e. The predicted octanol–water partition coefficient (Wildman–Crippen LogP) is 1.11. The van der Waals surface area contributed by atoms with Gasteiger partial charge < -0.3 is 9.64 Å². The Hall–Kier alpha value is -0.610. The zero-order valence-corrected chi connectivity index (χ0v) is 10.9. The van der Waals surface area contributed by atoms with Crippen molar-refractivity contribution >= 4 is 5.97 Å². The Balaban J connectivity index is 1.71. The van der Waals surface area contributed by atoms with Crippen LogP contribution in [0.3, 0.4) is 0 Å². The number of nitrogens with zero attached hydrogens (tertiary/aromatic N) is 2. The van der Waals surface area contributed by atoms with E-state index in [0.717, 1.165) is 19.0 Å². The van der Waals surface area contributed by atoms with Gasteiger partial charge in [-0.3, -0.25) is 9.69 Å². The van der Waals surface area contributed by atoms with Crippen LogP contribution in [0, 0.1) is 0 Å². The quantitative estimate of drug-likeness (QED) is 0.689. The standard InChI is InChI=1S/C13H24N2O2/c1-17-13(16)6-3-7-14-8-4-10-15-9-2-5-12(15)11-14/h12H,2-11H2,1H3. The second kappa shape index (κ2) is 6.36. The molecule has 4 heteroatoms. The highest BCUT2D eigenvalue weighted by Crippen LogP contribution is 2.21. The molecule has 2 aliphatic rings. The van der Waals surface area contributed by atoms with E-state index in [1.807, 2.05) is 0 Å². The smallest absolute Gasteiger partial charge is 0.305 e. The van der Waals surface area contributed by atoms with Gasteiger partial charge in [0.15, 0.2) is 0 Å². The van der Waals surface area contributed by atoms with Gasteiger partial charge in [0.25, 0.3) is 0 Å². The summed E-state index contributed by atoms with van der Waals surface area (Å²) in [5.74, 6) is -0.0812. The van der Waals surface area contributed by atoms with Crippen LogP contribution < -0.4 is 0 Å². The van der Waals surface area contributed by atoms with Crippen molar-refractivity contribution in [2.75, 3.05) is 39.8 Å². The molecule has 2 saturated heterocycles. The minimum absolute atomic E-state index is 0.0812. The second-order valence-electron chi connectivity index (χ2n) is 5.17. The van der Waals surface area contributed by atoms with Crippen molar-refractivity contribution in [1.29, 1.82) is 0 Å². The van der Waals surface area contributed by atoms with Gasteiger partial charge in [0, 0.05) is 19.0 Å². The first-order valence-electron chi connectivity index (χ1n) is 6.83. The Morgan fingerprint density at radius 3 is 2.94 bits per heavy atom. The van der Waals surface area contributed by atoms with E-state index in [1.165, 1.54) is 52.6 Å². The molecule has 0 radical (unpaired) electrons. The lowest BCUT2D eigenvalue weighted by Crippen LogP contribution is -2.37. The van der Waals surface area contributed by atoms with Gasteiger partial charge in [-0.1, -0.05) is 0 Å². The van der Waals surface area contributed by atoms with E-state index in [1.54, 1.807) is 0 Å². The van der Waals surface area contributed by atoms with Gasteiger partial charge in [-0.25, -0.2) is 0 Å². The number of rotatable bonds is 4. The number of carbonyl (C=O) groups excluding carboxylic acids is 1. The summed E-state index contributed by atoms with van der Waals surface area (Å²) < 4.78 is 4.67. The molecule has 1 unspecified atom stereocenters. The lowest BCUT2D eigenvalue weighted by Gasteiger charge is -2.25. The number of methoxy groups -OCH3 is 1. The maximum atomic E-state index is 11.1. The van der Waals surface area contributed by atoms with Gasteiger partial charge in [-0.05, 0) is 51.9 Å². The minimum Gasteiger partial charge on any atom is -0.469 e. The molecule has 2 aliphatic heterocycles. The first-order valence-corrected chi connectivity index (χ1v) is 6.83. The number of ether oxygens (including phenoxy) is 1. The van der Waals surface area contributed by atoms with Crippen molar-refractivity contribution in [3.05, 3.63) is 0 Å². The number of carbonyl (C=O) groups is 1. The molecule has 2 heterocycles. The van der Waals surface area contributed by atoms with Gasteiger partial charge in [0.1, 0.15) is 0 Å². The van der Waals surface area contributed by atoms with Crippen molar-refractivity contribution < 1.29 is 9.53 Å². The van der Waals surface area contributed by atoms with Crippen LogP contribution in [-0.4, -0.2) is 61.6 Å². The third kappa shape index (κ3) is 3.68. The number of fused-ring (bicyclic) bond motifs is 1. The summed E-state index contributed by atoms with van der Waals surface area (Å²) in [6, 6.07) is 0.774.